The van der Waals surface area contributed by atoms with Gasteiger partial charge in [0.2, 0.25) is 5.91 Å². The Kier molecular flexibility index (Phi) is 7.48. The third kappa shape index (κ3) is 6.20. The Bertz CT molecular complexity index is 837. The normalized spacial score (nSPS) is 17.3. The van der Waals surface area contributed by atoms with Crippen LogP contribution >= 0.6 is 11.8 Å². The van der Waals surface area contributed by atoms with E-state index in [1.165, 1.54) is 23.9 Å². The molecule has 2 unspecified atom stereocenters. The lowest BCUT2D eigenvalue weighted by molar-refractivity contribution is -0.384. The maximum absolute atomic E-state index is 12.6. The Morgan fingerprint density at radius 1 is 1.28 bits per heavy atom. The van der Waals surface area contributed by atoms with E-state index >= 15 is 0 Å². The van der Waals surface area contributed by atoms with Crippen molar-refractivity contribution in [1.82, 2.24) is 0 Å². The zero-order chi connectivity index (χ0) is 20.6. The van der Waals surface area contributed by atoms with Crippen LogP contribution in [0.15, 0.2) is 53.4 Å². The van der Waals surface area contributed by atoms with Gasteiger partial charge in [-0.1, -0.05) is 12.1 Å². The highest BCUT2D eigenvalue weighted by Crippen LogP contribution is 2.29. The quantitative estimate of drug-likeness (QED) is 0.382. The van der Waals surface area contributed by atoms with E-state index < -0.39 is 4.92 Å². The number of carbonyl (C=O) groups is 1. The number of benzene rings is 2. The zero-order valence-electron chi connectivity index (χ0n) is 16.2. The summed E-state index contributed by atoms with van der Waals surface area (Å²) < 4.78 is 11.6. The first-order chi connectivity index (χ1) is 14.0. The first kappa shape index (κ1) is 21.1. The average molecular weight is 416 g/mol. The van der Waals surface area contributed by atoms with Crippen molar-refractivity contribution >= 4 is 29.0 Å². The van der Waals surface area contributed by atoms with Gasteiger partial charge in [-0.3, -0.25) is 14.9 Å². The molecule has 0 spiro atoms. The molecule has 1 aliphatic rings. The number of hydrogen-bond acceptors (Lipinski definition) is 6. The molecule has 154 valence electrons. The van der Waals surface area contributed by atoms with Crippen LogP contribution in [0.25, 0.3) is 0 Å². The number of anilines is 1. The molecule has 1 heterocycles. The van der Waals surface area contributed by atoms with Crippen LogP contribution in [-0.2, 0) is 9.53 Å². The average Bonchev–Trinajstić information content (AvgIpc) is 2.74. The Morgan fingerprint density at radius 3 is 2.72 bits per heavy atom. The predicted molar refractivity (Wildman–Crippen MR) is 113 cm³/mol. The number of para-hydroxylation sites is 2. The van der Waals surface area contributed by atoms with Gasteiger partial charge in [0.1, 0.15) is 12.4 Å². The van der Waals surface area contributed by atoms with Crippen LogP contribution in [0.1, 0.15) is 26.2 Å². The molecule has 2 aromatic carbocycles. The molecular weight excluding hydrogens is 392 g/mol. The summed E-state index contributed by atoms with van der Waals surface area (Å²) in [6, 6.07) is 13.5. The van der Waals surface area contributed by atoms with E-state index in [0.717, 1.165) is 30.8 Å². The van der Waals surface area contributed by atoms with Gasteiger partial charge in [0.15, 0.2) is 0 Å². The summed E-state index contributed by atoms with van der Waals surface area (Å²) in [5.74, 6) is 0.445. The molecule has 8 heteroatoms. The Hall–Kier alpha value is -2.58. The van der Waals surface area contributed by atoms with Gasteiger partial charge in [-0.15, -0.1) is 11.8 Å². The molecular formula is C21H24N2O5S. The largest absolute Gasteiger partial charge is 0.489 e. The number of nitro groups is 1. The molecule has 29 heavy (non-hydrogen) atoms. The van der Waals surface area contributed by atoms with Crippen molar-refractivity contribution in [3.63, 3.8) is 0 Å². The van der Waals surface area contributed by atoms with E-state index in [1.807, 2.05) is 18.2 Å². The molecule has 0 radical (unpaired) electrons. The molecule has 0 aromatic heterocycles. The van der Waals surface area contributed by atoms with Crippen molar-refractivity contribution in [3.05, 3.63) is 58.6 Å². The van der Waals surface area contributed by atoms with E-state index in [1.54, 1.807) is 25.1 Å². The van der Waals surface area contributed by atoms with E-state index in [2.05, 4.69) is 5.32 Å². The summed E-state index contributed by atoms with van der Waals surface area (Å²) in [5, 5.41) is 13.3. The van der Waals surface area contributed by atoms with Crippen LogP contribution in [0.2, 0.25) is 0 Å². The van der Waals surface area contributed by atoms with E-state index in [0.29, 0.717) is 18.0 Å². The fourth-order valence-corrected chi connectivity index (χ4v) is 3.82. The molecule has 1 N–H and O–H groups in total. The van der Waals surface area contributed by atoms with Crippen molar-refractivity contribution in [1.29, 1.82) is 0 Å². The van der Waals surface area contributed by atoms with E-state index in [9.17, 15) is 14.9 Å². The Labute approximate surface area is 173 Å². The molecule has 2 atom stereocenters. The minimum Gasteiger partial charge on any atom is -0.489 e. The molecule has 0 bridgehead atoms. The van der Waals surface area contributed by atoms with Gasteiger partial charge >= 0.3 is 0 Å². The summed E-state index contributed by atoms with van der Waals surface area (Å²) >= 11 is 1.34. The Balaban J connectivity index is 1.57. The van der Waals surface area contributed by atoms with Gasteiger partial charge in [-0.2, -0.15) is 0 Å². The molecule has 1 aliphatic heterocycles. The van der Waals surface area contributed by atoms with Gasteiger partial charge in [0.25, 0.3) is 5.69 Å². The van der Waals surface area contributed by atoms with Crippen molar-refractivity contribution in [3.8, 4) is 5.75 Å². The third-order valence-electron chi connectivity index (χ3n) is 4.57. The maximum Gasteiger partial charge on any atom is 0.269 e. The Morgan fingerprint density at radius 2 is 2.03 bits per heavy atom. The van der Waals surface area contributed by atoms with Crippen molar-refractivity contribution in [2.24, 2.45) is 0 Å². The topological polar surface area (TPSA) is 90.7 Å². The van der Waals surface area contributed by atoms with Crippen LogP contribution in [0.4, 0.5) is 11.4 Å². The second-order valence-electron chi connectivity index (χ2n) is 6.80. The summed E-state index contributed by atoms with van der Waals surface area (Å²) in [6.07, 6.45) is 3.30. The number of ether oxygens (including phenoxy) is 2. The lowest BCUT2D eigenvalue weighted by Gasteiger charge is -2.23. The second kappa shape index (κ2) is 10.3. The highest BCUT2D eigenvalue weighted by Gasteiger charge is 2.18. The number of hydrogen-bond donors (Lipinski definition) is 1. The highest BCUT2D eigenvalue weighted by atomic mass is 32.2. The number of nitrogens with one attached hydrogen (secondary N) is 1. The predicted octanol–water partition coefficient (Wildman–Crippen LogP) is 4.66. The number of non-ortho nitro benzene ring substituents is 1. The van der Waals surface area contributed by atoms with Crippen LogP contribution in [0.5, 0.6) is 5.75 Å². The summed E-state index contributed by atoms with van der Waals surface area (Å²) in [5.41, 5.74) is 0.643. The van der Waals surface area contributed by atoms with Crippen molar-refractivity contribution < 1.29 is 19.2 Å². The fraction of sp³-hybridized carbons (Fsp3) is 0.381. The molecule has 3 rings (SSSR count). The number of rotatable bonds is 8. The highest BCUT2D eigenvalue weighted by molar-refractivity contribution is 8.00. The van der Waals surface area contributed by atoms with Crippen LogP contribution in [-0.4, -0.2) is 35.4 Å². The van der Waals surface area contributed by atoms with E-state index in [4.69, 9.17) is 9.47 Å². The summed E-state index contributed by atoms with van der Waals surface area (Å²) in [7, 11) is 0. The van der Waals surface area contributed by atoms with Crippen molar-refractivity contribution in [2.45, 2.75) is 42.4 Å². The fourth-order valence-electron chi connectivity index (χ4n) is 2.96. The second-order valence-corrected chi connectivity index (χ2v) is 8.21. The lowest BCUT2D eigenvalue weighted by atomic mass is 10.1. The number of nitrogens with zero attached hydrogens (tertiary/aromatic N) is 1. The summed E-state index contributed by atoms with van der Waals surface area (Å²) in [4.78, 5) is 23.7. The zero-order valence-corrected chi connectivity index (χ0v) is 17.0. The SMILES string of the molecule is CC(Sc1ccc([N+](=O)[O-])cc1)C(=O)Nc1ccccc1OCC1CCCCO1. The van der Waals surface area contributed by atoms with Gasteiger partial charge < -0.3 is 14.8 Å². The van der Waals surface area contributed by atoms with Crippen LogP contribution < -0.4 is 10.1 Å². The molecule has 2 aromatic rings. The number of amides is 1. The van der Waals surface area contributed by atoms with Crippen LogP contribution in [0, 0.1) is 10.1 Å². The molecule has 1 amide bonds. The van der Waals surface area contributed by atoms with E-state index in [-0.39, 0.29) is 22.9 Å². The molecule has 0 aliphatic carbocycles. The third-order valence-corrected chi connectivity index (χ3v) is 5.69. The minimum absolute atomic E-state index is 0.0273. The number of carbonyl (C=O) groups excluding carboxylic acids is 1. The van der Waals surface area contributed by atoms with Gasteiger partial charge in [0, 0.05) is 23.6 Å². The van der Waals surface area contributed by atoms with Crippen molar-refractivity contribution in [2.75, 3.05) is 18.5 Å². The smallest absolute Gasteiger partial charge is 0.269 e. The molecule has 1 saturated heterocycles. The molecule has 0 saturated carbocycles. The van der Waals surface area contributed by atoms with Crippen LogP contribution in [0.3, 0.4) is 0 Å². The summed E-state index contributed by atoms with van der Waals surface area (Å²) in [6.45, 7) is 3.02. The standard InChI is InChI=1S/C21H24N2O5S/c1-15(29-18-11-9-16(10-12-18)23(25)26)21(24)22-19-7-2-3-8-20(19)28-14-17-6-4-5-13-27-17/h2-3,7-12,15,17H,4-6,13-14H2,1H3,(H,22,24). The van der Waals surface area contributed by atoms with Gasteiger partial charge in [-0.05, 0) is 50.5 Å². The number of thioether (sulfide) groups is 1. The maximum atomic E-state index is 12.6. The molecule has 7 nitrogen and oxygen atoms in total. The monoisotopic (exact) mass is 416 g/mol. The lowest BCUT2D eigenvalue weighted by Crippen LogP contribution is -2.26. The first-order valence-electron chi connectivity index (χ1n) is 9.58. The van der Waals surface area contributed by atoms with Gasteiger partial charge in [-0.25, -0.2) is 0 Å². The van der Waals surface area contributed by atoms with Gasteiger partial charge in [0.05, 0.1) is 22.0 Å². The number of nitro benzene ring substituents is 1. The first-order valence-corrected chi connectivity index (χ1v) is 10.5. The minimum atomic E-state index is -0.445. The molecule has 1 fully saturated rings.